The Morgan fingerprint density at radius 3 is 2.92 bits per heavy atom. The minimum Gasteiger partial charge on any atom is -0.338 e. The Hall–Kier alpha value is -2.41. The molecule has 0 saturated carbocycles. The molecule has 0 bridgehead atoms. The van der Waals surface area contributed by atoms with Gasteiger partial charge >= 0.3 is 6.03 Å². The van der Waals surface area contributed by atoms with Crippen molar-refractivity contribution in [2.24, 2.45) is 0 Å². The lowest BCUT2D eigenvalue weighted by Crippen LogP contribution is -2.41. The van der Waals surface area contributed by atoms with E-state index < -0.39 is 0 Å². The Morgan fingerprint density at radius 2 is 2.12 bits per heavy atom. The summed E-state index contributed by atoms with van der Waals surface area (Å²) in [5.41, 5.74) is 2.46. The number of fused-ring (bicyclic) bond motifs is 1. The number of carbonyl (C=O) groups excluding carboxylic acids is 1. The van der Waals surface area contributed by atoms with Crippen molar-refractivity contribution < 1.29 is 4.79 Å². The molecule has 4 heterocycles. The number of nitrogens with one attached hydrogen (secondary N) is 1. The summed E-state index contributed by atoms with van der Waals surface area (Å²) in [5.74, 6) is 0. The summed E-state index contributed by atoms with van der Waals surface area (Å²) < 4.78 is 2.13. The summed E-state index contributed by atoms with van der Waals surface area (Å²) in [6.45, 7) is 5.17. The number of amides is 2. The molecule has 4 rings (SSSR count). The zero-order chi connectivity index (χ0) is 17.8. The quantitative estimate of drug-likeness (QED) is 0.892. The molecular weight excluding hydrogens is 328 g/mol. The van der Waals surface area contributed by atoms with Crippen LogP contribution in [-0.4, -0.2) is 56.8 Å². The van der Waals surface area contributed by atoms with Crippen molar-refractivity contribution in [1.82, 2.24) is 29.9 Å². The van der Waals surface area contributed by atoms with Gasteiger partial charge in [0.15, 0.2) is 0 Å². The second kappa shape index (κ2) is 7.86. The van der Waals surface area contributed by atoms with Gasteiger partial charge in [0, 0.05) is 57.9 Å². The van der Waals surface area contributed by atoms with Crippen LogP contribution in [0.1, 0.15) is 36.6 Å². The van der Waals surface area contributed by atoms with Gasteiger partial charge in [0.1, 0.15) is 0 Å². The molecular formula is C19H26N6O. The number of pyridine rings is 1. The van der Waals surface area contributed by atoms with Gasteiger partial charge in [-0.3, -0.25) is 14.6 Å². The van der Waals surface area contributed by atoms with Gasteiger partial charge in [-0.2, -0.15) is 5.10 Å². The topological polar surface area (TPSA) is 66.3 Å². The van der Waals surface area contributed by atoms with Crippen molar-refractivity contribution in [2.75, 3.05) is 26.2 Å². The maximum Gasteiger partial charge on any atom is 0.317 e. The van der Waals surface area contributed by atoms with E-state index in [0.717, 1.165) is 52.0 Å². The molecule has 7 nitrogen and oxygen atoms in total. The van der Waals surface area contributed by atoms with E-state index in [4.69, 9.17) is 0 Å². The third-order valence-electron chi connectivity index (χ3n) is 5.23. The van der Waals surface area contributed by atoms with E-state index in [1.165, 1.54) is 11.3 Å². The highest BCUT2D eigenvalue weighted by Gasteiger charge is 2.26. The molecule has 2 aromatic heterocycles. The van der Waals surface area contributed by atoms with Gasteiger partial charge in [0.25, 0.3) is 0 Å². The van der Waals surface area contributed by atoms with Gasteiger partial charge in [-0.25, -0.2) is 4.79 Å². The van der Waals surface area contributed by atoms with Crippen LogP contribution in [0.2, 0.25) is 0 Å². The van der Waals surface area contributed by atoms with Crippen molar-refractivity contribution in [1.29, 1.82) is 0 Å². The Bertz CT molecular complexity index is 725. The second-order valence-electron chi connectivity index (χ2n) is 7.17. The van der Waals surface area contributed by atoms with Crippen LogP contribution in [0.3, 0.4) is 0 Å². The molecule has 0 aliphatic carbocycles. The first-order chi connectivity index (χ1) is 12.8. The van der Waals surface area contributed by atoms with Gasteiger partial charge in [0.05, 0.1) is 11.7 Å². The molecule has 1 fully saturated rings. The molecule has 0 spiro atoms. The summed E-state index contributed by atoms with van der Waals surface area (Å²) in [7, 11) is 0. The Kier molecular flexibility index (Phi) is 5.15. The third-order valence-corrected chi connectivity index (χ3v) is 5.23. The highest BCUT2D eigenvalue weighted by Crippen LogP contribution is 2.24. The molecule has 0 aromatic carbocycles. The lowest BCUT2D eigenvalue weighted by atomic mass is 10.1. The van der Waals surface area contributed by atoms with E-state index in [1.807, 2.05) is 23.4 Å². The SMILES string of the molecule is O=C(NCCC1CN(Cc2cccnc2)Cc2ccnn21)N1CCCC1. The lowest BCUT2D eigenvalue weighted by molar-refractivity contribution is 0.160. The average Bonchev–Trinajstić information content (AvgIpc) is 3.34. The second-order valence-corrected chi connectivity index (χ2v) is 7.17. The van der Waals surface area contributed by atoms with Crippen LogP contribution >= 0.6 is 0 Å². The highest BCUT2D eigenvalue weighted by molar-refractivity contribution is 5.74. The fourth-order valence-electron chi connectivity index (χ4n) is 3.93. The van der Waals surface area contributed by atoms with Crippen molar-refractivity contribution in [3.8, 4) is 0 Å². The van der Waals surface area contributed by atoms with Crippen LogP contribution in [0.15, 0.2) is 36.8 Å². The van der Waals surface area contributed by atoms with Crippen LogP contribution < -0.4 is 5.32 Å². The normalized spacial score (nSPS) is 20.2. The molecule has 1 unspecified atom stereocenters. The minimum absolute atomic E-state index is 0.0752. The molecule has 1 saturated heterocycles. The van der Waals surface area contributed by atoms with Gasteiger partial charge in [-0.1, -0.05) is 6.07 Å². The van der Waals surface area contributed by atoms with Gasteiger partial charge in [0.2, 0.25) is 0 Å². The van der Waals surface area contributed by atoms with Crippen molar-refractivity contribution in [3.05, 3.63) is 48.0 Å². The predicted molar refractivity (Wildman–Crippen MR) is 98.4 cm³/mol. The number of aromatic nitrogens is 3. The van der Waals surface area contributed by atoms with Crippen LogP contribution in [-0.2, 0) is 13.1 Å². The molecule has 26 heavy (non-hydrogen) atoms. The molecule has 2 aromatic rings. The van der Waals surface area contributed by atoms with Crippen LogP contribution in [0.25, 0.3) is 0 Å². The maximum atomic E-state index is 12.2. The molecule has 138 valence electrons. The van der Waals surface area contributed by atoms with E-state index in [2.05, 4.69) is 37.1 Å². The molecule has 7 heteroatoms. The van der Waals surface area contributed by atoms with E-state index >= 15 is 0 Å². The van der Waals surface area contributed by atoms with E-state index in [0.29, 0.717) is 6.54 Å². The van der Waals surface area contributed by atoms with Gasteiger partial charge in [-0.05, 0) is 37.0 Å². The predicted octanol–water partition coefficient (Wildman–Crippen LogP) is 2.03. The smallest absolute Gasteiger partial charge is 0.317 e. The van der Waals surface area contributed by atoms with Crippen LogP contribution in [0.4, 0.5) is 4.79 Å². The van der Waals surface area contributed by atoms with Crippen molar-refractivity contribution >= 4 is 6.03 Å². The Labute approximate surface area is 154 Å². The number of rotatable bonds is 5. The van der Waals surface area contributed by atoms with Crippen molar-refractivity contribution in [3.63, 3.8) is 0 Å². The standard InChI is InChI=1S/C19H26N6O/c26-19(24-10-1-2-11-24)21-8-5-17-14-23(13-16-4-3-7-20-12-16)15-18-6-9-22-25(17)18/h3-4,6-7,9,12,17H,1-2,5,8,10-11,13-15H2,(H,21,26). The minimum atomic E-state index is 0.0752. The number of nitrogens with zero attached hydrogens (tertiary/aromatic N) is 5. The van der Waals surface area contributed by atoms with Gasteiger partial charge < -0.3 is 10.2 Å². The summed E-state index contributed by atoms with van der Waals surface area (Å²) in [5, 5.41) is 7.59. The van der Waals surface area contributed by atoms with E-state index in [-0.39, 0.29) is 12.1 Å². The molecule has 0 radical (unpaired) electrons. The summed E-state index contributed by atoms with van der Waals surface area (Å²) in [6.07, 6.45) is 8.74. The number of hydrogen-bond donors (Lipinski definition) is 1. The first-order valence-corrected chi connectivity index (χ1v) is 9.46. The zero-order valence-corrected chi connectivity index (χ0v) is 15.0. The maximum absolute atomic E-state index is 12.2. The fourth-order valence-corrected chi connectivity index (χ4v) is 3.93. The third kappa shape index (κ3) is 3.88. The number of carbonyl (C=O) groups is 1. The summed E-state index contributed by atoms with van der Waals surface area (Å²) in [4.78, 5) is 20.7. The van der Waals surface area contributed by atoms with E-state index in [1.54, 1.807) is 6.20 Å². The molecule has 1 atom stereocenters. The number of urea groups is 1. The largest absolute Gasteiger partial charge is 0.338 e. The molecule has 2 amide bonds. The summed E-state index contributed by atoms with van der Waals surface area (Å²) in [6, 6.07) is 6.54. The van der Waals surface area contributed by atoms with Crippen LogP contribution in [0, 0.1) is 0 Å². The fraction of sp³-hybridized carbons (Fsp3) is 0.526. The Morgan fingerprint density at radius 1 is 1.23 bits per heavy atom. The average molecular weight is 354 g/mol. The molecule has 1 N–H and O–H groups in total. The summed E-state index contributed by atoms with van der Waals surface area (Å²) >= 11 is 0. The molecule has 2 aliphatic heterocycles. The lowest BCUT2D eigenvalue weighted by Gasteiger charge is -2.34. The van der Waals surface area contributed by atoms with Gasteiger partial charge in [-0.15, -0.1) is 0 Å². The number of likely N-dealkylation sites (tertiary alicyclic amines) is 1. The van der Waals surface area contributed by atoms with Crippen LogP contribution in [0.5, 0.6) is 0 Å². The first kappa shape index (κ1) is 17.0. The monoisotopic (exact) mass is 354 g/mol. The highest BCUT2D eigenvalue weighted by atomic mass is 16.2. The van der Waals surface area contributed by atoms with E-state index in [9.17, 15) is 4.79 Å². The zero-order valence-electron chi connectivity index (χ0n) is 15.0. The first-order valence-electron chi connectivity index (χ1n) is 9.46. The molecule has 2 aliphatic rings. The van der Waals surface area contributed by atoms with Crippen molar-refractivity contribution in [2.45, 2.75) is 38.4 Å². The number of hydrogen-bond acceptors (Lipinski definition) is 4. The Balaban J connectivity index is 1.35.